The molecule has 1 aromatic carbocycles. The monoisotopic (exact) mass is 405 g/mol. The molecule has 1 aromatic heterocycles. The van der Waals surface area contributed by atoms with Gasteiger partial charge in [-0.3, -0.25) is 0 Å². The molecule has 1 fully saturated rings. The zero-order chi connectivity index (χ0) is 16.6. The van der Waals surface area contributed by atoms with Crippen LogP contribution in [-0.2, 0) is 16.0 Å². The molecule has 0 unspecified atom stereocenters. The third-order valence-electron chi connectivity index (χ3n) is 4.02. The molecular weight excluding hydrogens is 382 g/mol. The van der Waals surface area contributed by atoms with Crippen molar-refractivity contribution in [2.24, 2.45) is 0 Å². The van der Waals surface area contributed by atoms with E-state index in [0.717, 1.165) is 43.9 Å². The summed E-state index contributed by atoms with van der Waals surface area (Å²) in [6.07, 6.45) is 10.2. The highest BCUT2D eigenvalue weighted by Crippen LogP contribution is 2.13. The highest BCUT2D eigenvalue weighted by molar-refractivity contribution is 5.69. The average molecular weight is 406 g/mol. The number of nitrogens with zero attached hydrogens (tertiary/aromatic N) is 1. The van der Waals surface area contributed by atoms with Crippen LogP contribution in [0.15, 0.2) is 48.8 Å². The van der Waals surface area contributed by atoms with Gasteiger partial charge in [-0.05, 0) is 29.7 Å². The number of aromatic nitrogens is 1. The molecule has 5 heteroatoms. The molecule has 0 bridgehead atoms. The Morgan fingerprint density at radius 2 is 1.60 bits per heavy atom. The van der Waals surface area contributed by atoms with Gasteiger partial charge in [-0.1, -0.05) is 24.3 Å². The highest BCUT2D eigenvalue weighted by atomic mass is 79.9. The molecule has 1 aliphatic heterocycles. The van der Waals surface area contributed by atoms with Crippen LogP contribution in [0.25, 0.3) is 12.2 Å². The Morgan fingerprint density at radius 3 is 2.20 bits per heavy atom. The summed E-state index contributed by atoms with van der Waals surface area (Å²) in [5.74, 6) is 0.874. The third kappa shape index (κ3) is 6.27. The zero-order valence-electron chi connectivity index (χ0n) is 14.4. The van der Waals surface area contributed by atoms with Crippen LogP contribution in [0.4, 0.5) is 0 Å². The van der Waals surface area contributed by atoms with Gasteiger partial charge in [0.05, 0.1) is 26.7 Å². The molecule has 1 saturated heterocycles. The van der Waals surface area contributed by atoms with Crippen LogP contribution in [-0.4, -0.2) is 26.6 Å². The van der Waals surface area contributed by atoms with Crippen molar-refractivity contribution in [2.45, 2.75) is 25.7 Å². The minimum absolute atomic E-state index is 0. The first-order valence-electron chi connectivity index (χ1n) is 8.38. The Balaban J connectivity index is 0.00000225. The van der Waals surface area contributed by atoms with Gasteiger partial charge in [0.1, 0.15) is 5.75 Å². The van der Waals surface area contributed by atoms with E-state index in [1.54, 1.807) is 7.11 Å². The normalized spacial score (nSPS) is 15.1. The summed E-state index contributed by atoms with van der Waals surface area (Å²) < 4.78 is 18.5. The minimum atomic E-state index is -0.0547. The predicted octanol–water partition coefficient (Wildman–Crippen LogP) is 0.310. The van der Waals surface area contributed by atoms with E-state index in [9.17, 15) is 0 Å². The molecule has 0 radical (unpaired) electrons. The van der Waals surface area contributed by atoms with E-state index in [4.69, 9.17) is 14.2 Å². The van der Waals surface area contributed by atoms with Crippen molar-refractivity contribution in [1.82, 2.24) is 0 Å². The molecule has 0 saturated carbocycles. The maximum absolute atomic E-state index is 5.57. The van der Waals surface area contributed by atoms with Crippen molar-refractivity contribution >= 4 is 12.2 Å². The lowest BCUT2D eigenvalue weighted by Gasteiger charge is -2.21. The van der Waals surface area contributed by atoms with Gasteiger partial charge in [0.2, 0.25) is 0 Å². The van der Waals surface area contributed by atoms with Crippen LogP contribution in [0.5, 0.6) is 5.75 Å². The summed E-state index contributed by atoms with van der Waals surface area (Å²) >= 11 is 0. The number of pyridine rings is 1. The summed E-state index contributed by atoms with van der Waals surface area (Å²) in [5, 5.41) is 0. The Kier molecular flexibility index (Phi) is 8.12. The summed E-state index contributed by atoms with van der Waals surface area (Å²) in [6.45, 7) is 2.52. The number of hydrogen-bond donors (Lipinski definition) is 0. The van der Waals surface area contributed by atoms with Crippen molar-refractivity contribution in [2.75, 3.05) is 20.3 Å². The van der Waals surface area contributed by atoms with E-state index in [1.165, 1.54) is 5.56 Å². The molecule has 0 spiro atoms. The molecule has 1 aliphatic rings. The van der Waals surface area contributed by atoms with Gasteiger partial charge >= 0.3 is 0 Å². The summed E-state index contributed by atoms with van der Waals surface area (Å²) in [6, 6.07) is 12.2. The largest absolute Gasteiger partial charge is 1.00 e. The Hall–Kier alpha value is -1.69. The lowest BCUT2D eigenvalue weighted by atomic mass is 10.1. The molecule has 0 N–H and O–H groups in total. The summed E-state index contributed by atoms with van der Waals surface area (Å²) in [4.78, 5) is 0. The quantitative estimate of drug-likeness (QED) is 0.648. The van der Waals surface area contributed by atoms with Crippen LogP contribution in [0, 0.1) is 0 Å². The number of rotatable bonds is 6. The van der Waals surface area contributed by atoms with Crippen LogP contribution in [0.3, 0.4) is 0 Å². The second-order valence-corrected chi connectivity index (χ2v) is 5.79. The van der Waals surface area contributed by atoms with Crippen molar-refractivity contribution in [3.8, 4) is 5.75 Å². The molecule has 2 heterocycles. The fraction of sp³-hybridized carbons (Fsp3) is 0.350. The predicted molar refractivity (Wildman–Crippen MR) is 93.5 cm³/mol. The second kappa shape index (κ2) is 10.3. The van der Waals surface area contributed by atoms with Crippen molar-refractivity contribution in [3.63, 3.8) is 0 Å². The Bertz CT molecular complexity index is 650. The van der Waals surface area contributed by atoms with Crippen LogP contribution >= 0.6 is 0 Å². The van der Waals surface area contributed by atoms with E-state index < -0.39 is 0 Å². The lowest BCUT2D eigenvalue weighted by Crippen LogP contribution is -3.00. The molecular formula is C20H24BrNO3. The maximum atomic E-state index is 5.57. The maximum Gasteiger partial charge on any atom is 0.169 e. The van der Waals surface area contributed by atoms with Gasteiger partial charge in [-0.25, -0.2) is 4.57 Å². The smallest absolute Gasteiger partial charge is 0.169 e. The van der Waals surface area contributed by atoms with Gasteiger partial charge in [-0.15, -0.1) is 0 Å². The number of methoxy groups -OCH3 is 1. The average Bonchev–Trinajstić information content (AvgIpc) is 2.67. The fourth-order valence-electron chi connectivity index (χ4n) is 2.59. The number of benzene rings is 1. The second-order valence-electron chi connectivity index (χ2n) is 5.79. The molecule has 0 amide bonds. The van der Waals surface area contributed by atoms with E-state index in [0.29, 0.717) is 0 Å². The van der Waals surface area contributed by atoms with Crippen LogP contribution in [0.1, 0.15) is 24.0 Å². The first kappa shape index (κ1) is 19.6. The fourth-order valence-corrected chi connectivity index (χ4v) is 2.59. The van der Waals surface area contributed by atoms with Gasteiger partial charge < -0.3 is 31.2 Å². The molecule has 0 atom stereocenters. The van der Waals surface area contributed by atoms with Gasteiger partial charge in [0, 0.05) is 12.1 Å². The Morgan fingerprint density at radius 1 is 1.00 bits per heavy atom. The lowest BCUT2D eigenvalue weighted by molar-refractivity contribution is -0.699. The molecule has 25 heavy (non-hydrogen) atoms. The zero-order valence-corrected chi connectivity index (χ0v) is 16.0. The number of aryl methyl sites for hydroxylation is 1. The molecule has 4 nitrogen and oxygen atoms in total. The van der Waals surface area contributed by atoms with Crippen molar-refractivity contribution in [3.05, 3.63) is 59.9 Å². The van der Waals surface area contributed by atoms with E-state index in [2.05, 4.69) is 41.2 Å². The molecule has 2 aromatic rings. The molecule has 3 rings (SSSR count). The van der Waals surface area contributed by atoms with Crippen LogP contribution in [0.2, 0.25) is 0 Å². The first-order valence-corrected chi connectivity index (χ1v) is 8.38. The SMILES string of the molecule is COc1ccc(/C=C/c2cc[n+](CCC3OCCCO3)cc2)cc1.[Br-]. The minimum Gasteiger partial charge on any atom is -1.00 e. The summed E-state index contributed by atoms with van der Waals surface area (Å²) in [5.41, 5.74) is 2.33. The number of halogens is 1. The number of hydrogen-bond acceptors (Lipinski definition) is 3. The van der Waals surface area contributed by atoms with Gasteiger partial charge in [-0.2, -0.15) is 0 Å². The first-order chi connectivity index (χ1) is 11.8. The number of ether oxygens (including phenoxy) is 3. The van der Waals surface area contributed by atoms with Gasteiger partial charge in [0.25, 0.3) is 0 Å². The van der Waals surface area contributed by atoms with Gasteiger partial charge in [0.15, 0.2) is 25.2 Å². The topological polar surface area (TPSA) is 31.6 Å². The summed E-state index contributed by atoms with van der Waals surface area (Å²) in [7, 11) is 1.68. The molecule has 0 aliphatic carbocycles. The van der Waals surface area contributed by atoms with Crippen molar-refractivity contribution in [1.29, 1.82) is 0 Å². The Labute approximate surface area is 159 Å². The molecule has 134 valence electrons. The third-order valence-corrected chi connectivity index (χ3v) is 4.02. The highest BCUT2D eigenvalue weighted by Gasteiger charge is 2.15. The van der Waals surface area contributed by atoms with E-state index >= 15 is 0 Å². The van der Waals surface area contributed by atoms with E-state index in [-0.39, 0.29) is 23.3 Å². The van der Waals surface area contributed by atoms with E-state index in [1.807, 2.05) is 24.3 Å². The standard InChI is InChI=1S/C20H24NO3.BrH/c1-22-19-7-5-17(6-8-19)3-4-18-9-12-21(13-10-18)14-11-20-23-15-2-16-24-20;/h3-10,12-13,20H,2,11,14-16H2,1H3;1H/q+1;/p-1/b4-3+;. The van der Waals surface area contributed by atoms with Crippen molar-refractivity contribution < 1.29 is 35.8 Å². The van der Waals surface area contributed by atoms with Crippen LogP contribution < -0.4 is 26.3 Å².